The minimum absolute atomic E-state index is 0.0444. The number of benzene rings is 1. The highest BCUT2D eigenvalue weighted by Crippen LogP contribution is 2.28. The highest BCUT2D eigenvalue weighted by atomic mass is 16.5. The Morgan fingerprint density at radius 3 is 2.65 bits per heavy atom. The van der Waals surface area contributed by atoms with Gasteiger partial charge in [0, 0.05) is 11.7 Å². The standard InChI is InChI=1S/C21H22N4O/c1-5-7-15(6-2)14(3)24-20-18-12-19(25-21(18)23-13-22-20)16-8-10-17(26-4)11-9-16/h5-14H,1-2H2,3-4H3,(H2,22,23,24,25)/b15-7+/t14-/m1/s1. The lowest BCUT2D eigenvalue weighted by atomic mass is 10.1. The van der Waals surface area contributed by atoms with E-state index in [1.165, 1.54) is 0 Å². The van der Waals surface area contributed by atoms with E-state index in [0.717, 1.165) is 39.4 Å². The van der Waals surface area contributed by atoms with Crippen molar-refractivity contribution >= 4 is 16.9 Å². The summed E-state index contributed by atoms with van der Waals surface area (Å²) in [6.45, 7) is 9.66. The Balaban J connectivity index is 1.95. The summed E-state index contributed by atoms with van der Waals surface area (Å²) in [5, 5.41) is 4.36. The van der Waals surface area contributed by atoms with Crippen molar-refractivity contribution in [3.8, 4) is 17.0 Å². The summed E-state index contributed by atoms with van der Waals surface area (Å²) in [5.41, 5.74) is 3.86. The monoisotopic (exact) mass is 346 g/mol. The van der Waals surface area contributed by atoms with Crippen molar-refractivity contribution in [2.45, 2.75) is 13.0 Å². The first kappa shape index (κ1) is 17.5. The predicted octanol–water partition coefficient (Wildman–Crippen LogP) is 4.73. The molecule has 5 nitrogen and oxygen atoms in total. The van der Waals surface area contributed by atoms with E-state index in [2.05, 4.69) is 46.4 Å². The number of anilines is 1. The van der Waals surface area contributed by atoms with Crippen LogP contribution in [0.5, 0.6) is 5.75 Å². The number of aromatic nitrogens is 3. The molecule has 0 aliphatic heterocycles. The molecular weight excluding hydrogens is 324 g/mol. The van der Waals surface area contributed by atoms with E-state index in [-0.39, 0.29) is 6.04 Å². The van der Waals surface area contributed by atoms with Crippen LogP contribution in [-0.2, 0) is 0 Å². The van der Waals surface area contributed by atoms with Crippen molar-refractivity contribution in [3.05, 3.63) is 73.6 Å². The van der Waals surface area contributed by atoms with Gasteiger partial charge in [0.2, 0.25) is 0 Å². The Kier molecular flexibility index (Phi) is 5.17. The van der Waals surface area contributed by atoms with Crippen LogP contribution in [-0.4, -0.2) is 28.1 Å². The number of nitrogens with one attached hydrogen (secondary N) is 2. The van der Waals surface area contributed by atoms with E-state index in [9.17, 15) is 0 Å². The third kappa shape index (κ3) is 3.52. The molecule has 0 spiro atoms. The third-order valence-corrected chi connectivity index (χ3v) is 4.23. The molecule has 0 aliphatic carbocycles. The summed E-state index contributed by atoms with van der Waals surface area (Å²) in [6, 6.07) is 9.98. The lowest BCUT2D eigenvalue weighted by Crippen LogP contribution is -2.18. The number of hydrogen-bond donors (Lipinski definition) is 2. The van der Waals surface area contributed by atoms with Gasteiger partial charge in [-0.1, -0.05) is 31.4 Å². The molecule has 3 rings (SSSR count). The van der Waals surface area contributed by atoms with Crippen LogP contribution in [0, 0.1) is 0 Å². The first-order valence-corrected chi connectivity index (χ1v) is 8.36. The molecule has 0 amide bonds. The first-order valence-electron chi connectivity index (χ1n) is 8.36. The van der Waals surface area contributed by atoms with E-state index >= 15 is 0 Å². The zero-order chi connectivity index (χ0) is 18.5. The van der Waals surface area contributed by atoms with Gasteiger partial charge < -0.3 is 15.0 Å². The molecule has 0 bridgehead atoms. The van der Waals surface area contributed by atoms with Gasteiger partial charge in [-0.2, -0.15) is 0 Å². The number of fused-ring (bicyclic) bond motifs is 1. The second kappa shape index (κ2) is 7.70. The second-order valence-electron chi connectivity index (χ2n) is 5.87. The molecule has 5 heteroatoms. The number of ether oxygens (including phenoxy) is 1. The number of allylic oxidation sites excluding steroid dienone is 2. The molecule has 0 unspecified atom stereocenters. The quantitative estimate of drug-likeness (QED) is 0.607. The highest BCUT2D eigenvalue weighted by molar-refractivity contribution is 5.91. The van der Waals surface area contributed by atoms with E-state index in [4.69, 9.17) is 4.74 Å². The van der Waals surface area contributed by atoms with Gasteiger partial charge in [0.15, 0.2) is 0 Å². The van der Waals surface area contributed by atoms with Gasteiger partial charge in [-0.25, -0.2) is 9.97 Å². The molecule has 0 radical (unpaired) electrons. The molecule has 3 aromatic rings. The number of H-pyrrole nitrogens is 1. The van der Waals surface area contributed by atoms with Gasteiger partial charge in [0.05, 0.1) is 12.5 Å². The molecule has 0 fully saturated rings. The van der Waals surface area contributed by atoms with Crippen LogP contribution in [0.2, 0.25) is 0 Å². The molecule has 0 saturated heterocycles. The van der Waals surface area contributed by atoms with Crippen molar-refractivity contribution < 1.29 is 4.74 Å². The van der Waals surface area contributed by atoms with Gasteiger partial charge in [0.25, 0.3) is 0 Å². The zero-order valence-corrected chi connectivity index (χ0v) is 15.0. The maximum Gasteiger partial charge on any atom is 0.143 e. The fourth-order valence-corrected chi connectivity index (χ4v) is 2.79. The summed E-state index contributed by atoms with van der Waals surface area (Å²) in [7, 11) is 1.66. The molecule has 26 heavy (non-hydrogen) atoms. The maximum absolute atomic E-state index is 5.22. The van der Waals surface area contributed by atoms with Crippen molar-refractivity contribution in [1.29, 1.82) is 0 Å². The molecule has 2 heterocycles. The fourth-order valence-electron chi connectivity index (χ4n) is 2.79. The van der Waals surface area contributed by atoms with Crippen LogP contribution in [0.4, 0.5) is 5.82 Å². The van der Waals surface area contributed by atoms with Crippen LogP contribution in [0.15, 0.2) is 73.6 Å². The van der Waals surface area contributed by atoms with Gasteiger partial charge in [-0.15, -0.1) is 0 Å². The number of methoxy groups -OCH3 is 1. The highest BCUT2D eigenvalue weighted by Gasteiger charge is 2.12. The van der Waals surface area contributed by atoms with Crippen LogP contribution >= 0.6 is 0 Å². The lowest BCUT2D eigenvalue weighted by Gasteiger charge is -2.15. The Labute approximate surface area is 153 Å². The normalized spacial score (nSPS) is 12.6. The van der Waals surface area contributed by atoms with Gasteiger partial charge in [0.1, 0.15) is 23.5 Å². The molecule has 2 aromatic heterocycles. The summed E-state index contributed by atoms with van der Waals surface area (Å²) >= 11 is 0. The Morgan fingerprint density at radius 1 is 1.23 bits per heavy atom. The van der Waals surface area contributed by atoms with Gasteiger partial charge in [-0.3, -0.25) is 0 Å². The minimum atomic E-state index is 0.0444. The summed E-state index contributed by atoms with van der Waals surface area (Å²) in [5.74, 6) is 1.60. The van der Waals surface area contributed by atoms with Crippen molar-refractivity contribution in [2.75, 3.05) is 12.4 Å². The van der Waals surface area contributed by atoms with Gasteiger partial charge in [-0.05, 0) is 48.4 Å². The Bertz CT molecular complexity index is 954. The van der Waals surface area contributed by atoms with Crippen molar-refractivity contribution in [2.24, 2.45) is 0 Å². The number of rotatable bonds is 7. The maximum atomic E-state index is 5.22. The molecular formula is C21H22N4O. The SMILES string of the molecule is C=C/C=C(\C=C)[C@@H](C)Nc1ncnc2[nH]c(-c3ccc(OC)cc3)cc12. The molecule has 1 aromatic carbocycles. The number of hydrogen-bond acceptors (Lipinski definition) is 4. The average Bonchev–Trinajstić information content (AvgIpc) is 3.11. The van der Waals surface area contributed by atoms with Crippen LogP contribution < -0.4 is 10.1 Å². The van der Waals surface area contributed by atoms with Crippen molar-refractivity contribution in [1.82, 2.24) is 15.0 Å². The second-order valence-corrected chi connectivity index (χ2v) is 5.87. The Hall–Kier alpha value is -3.34. The predicted molar refractivity (Wildman–Crippen MR) is 107 cm³/mol. The zero-order valence-electron chi connectivity index (χ0n) is 15.0. The first-order chi connectivity index (χ1) is 12.7. The van der Waals surface area contributed by atoms with Crippen molar-refractivity contribution in [3.63, 3.8) is 0 Å². The van der Waals surface area contributed by atoms with E-state index in [0.29, 0.717) is 0 Å². The topological polar surface area (TPSA) is 62.8 Å². The smallest absolute Gasteiger partial charge is 0.143 e. The molecule has 0 aliphatic rings. The summed E-state index contributed by atoms with van der Waals surface area (Å²) < 4.78 is 5.22. The number of nitrogens with zero attached hydrogens (tertiary/aromatic N) is 2. The lowest BCUT2D eigenvalue weighted by molar-refractivity contribution is 0.415. The largest absolute Gasteiger partial charge is 0.497 e. The summed E-state index contributed by atoms with van der Waals surface area (Å²) in [6.07, 6.45) is 7.06. The van der Waals surface area contributed by atoms with Crippen LogP contribution in [0.3, 0.4) is 0 Å². The minimum Gasteiger partial charge on any atom is -0.497 e. The molecule has 2 N–H and O–H groups in total. The summed E-state index contributed by atoms with van der Waals surface area (Å²) in [4.78, 5) is 12.1. The Morgan fingerprint density at radius 2 is 2.00 bits per heavy atom. The van der Waals surface area contributed by atoms with Gasteiger partial charge >= 0.3 is 0 Å². The number of aromatic amines is 1. The molecule has 1 atom stereocenters. The van der Waals surface area contributed by atoms with E-state index in [1.54, 1.807) is 19.5 Å². The molecule has 132 valence electrons. The fraction of sp³-hybridized carbons (Fsp3) is 0.143. The average molecular weight is 346 g/mol. The molecule has 0 saturated carbocycles. The third-order valence-electron chi connectivity index (χ3n) is 4.23. The van der Waals surface area contributed by atoms with Crippen LogP contribution in [0.25, 0.3) is 22.3 Å². The van der Waals surface area contributed by atoms with Crippen LogP contribution in [0.1, 0.15) is 6.92 Å². The van der Waals surface area contributed by atoms with E-state index < -0.39 is 0 Å². The van der Waals surface area contributed by atoms with E-state index in [1.807, 2.05) is 36.4 Å².